The summed E-state index contributed by atoms with van der Waals surface area (Å²) in [6, 6.07) is 9.75. The van der Waals surface area contributed by atoms with Crippen molar-refractivity contribution in [1.29, 1.82) is 0 Å². The Morgan fingerprint density at radius 2 is 1.71 bits per heavy atom. The molecule has 0 spiro atoms. The first kappa shape index (κ1) is 28.9. The van der Waals surface area contributed by atoms with Gasteiger partial charge in [0.1, 0.15) is 0 Å². The maximum Gasteiger partial charge on any atom is 0.261 e. The van der Waals surface area contributed by atoms with Crippen molar-refractivity contribution < 1.29 is 18.0 Å². The van der Waals surface area contributed by atoms with Crippen molar-refractivity contribution in [3.8, 4) is 0 Å². The van der Waals surface area contributed by atoms with Crippen molar-refractivity contribution >= 4 is 55.1 Å². The molecule has 2 amide bonds. The standard InChI is InChI=1S/C27H34BrClN4O4S/c1-18-3-6-20(7-4-18)30-26(34)17-32-11-13-33(14-12-32)27(35)22-16-21(8-10-24(22)29)38(36,37)31-25-15-19(2)5-9-23(25)28/h5,8-10,15-16,18,20,31H,3-4,6-7,11-14,17H2,1-2H3,(H,30,34). The normalized spacial score (nSPS) is 20.7. The third kappa shape index (κ3) is 7.28. The Morgan fingerprint density at radius 1 is 1.03 bits per heavy atom. The van der Waals surface area contributed by atoms with Crippen LogP contribution in [0.25, 0.3) is 0 Å². The van der Waals surface area contributed by atoms with Gasteiger partial charge < -0.3 is 10.2 Å². The number of hydrogen-bond donors (Lipinski definition) is 2. The monoisotopic (exact) mass is 624 g/mol. The molecule has 1 heterocycles. The number of carbonyl (C=O) groups is 2. The fourth-order valence-corrected chi connectivity index (χ4v) is 6.69. The minimum Gasteiger partial charge on any atom is -0.352 e. The van der Waals surface area contributed by atoms with Gasteiger partial charge in [-0.3, -0.25) is 19.2 Å². The molecule has 2 fully saturated rings. The fraction of sp³-hybridized carbons (Fsp3) is 0.481. The number of nitrogens with one attached hydrogen (secondary N) is 2. The van der Waals surface area contributed by atoms with Gasteiger partial charge in [0, 0.05) is 36.7 Å². The van der Waals surface area contributed by atoms with Gasteiger partial charge in [-0.2, -0.15) is 0 Å². The van der Waals surface area contributed by atoms with Crippen LogP contribution in [0, 0.1) is 12.8 Å². The molecule has 2 aliphatic rings. The molecule has 11 heteroatoms. The molecule has 0 bridgehead atoms. The topological polar surface area (TPSA) is 98.8 Å². The van der Waals surface area contributed by atoms with E-state index in [1.807, 2.05) is 17.9 Å². The molecule has 1 aliphatic heterocycles. The van der Waals surface area contributed by atoms with Crippen LogP contribution in [0.3, 0.4) is 0 Å². The van der Waals surface area contributed by atoms with E-state index in [9.17, 15) is 18.0 Å². The minimum absolute atomic E-state index is 0.0260. The van der Waals surface area contributed by atoms with E-state index in [2.05, 4.69) is 32.9 Å². The van der Waals surface area contributed by atoms with E-state index in [1.54, 1.807) is 17.0 Å². The zero-order valence-electron chi connectivity index (χ0n) is 21.7. The molecule has 1 saturated heterocycles. The Morgan fingerprint density at radius 3 is 2.39 bits per heavy atom. The highest BCUT2D eigenvalue weighted by Crippen LogP contribution is 2.28. The average molecular weight is 626 g/mol. The van der Waals surface area contributed by atoms with Gasteiger partial charge in [-0.15, -0.1) is 0 Å². The molecule has 206 valence electrons. The van der Waals surface area contributed by atoms with Crippen LogP contribution in [0.15, 0.2) is 45.8 Å². The van der Waals surface area contributed by atoms with Gasteiger partial charge in [0.05, 0.1) is 27.7 Å². The number of halogens is 2. The lowest BCUT2D eigenvalue weighted by Gasteiger charge is -2.35. The highest BCUT2D eigenvalue weighted by Gasteiger charge is 2.27. The fourth-order valence-electron chi connectivity index (χ4n) is 4.92. The molecule has 0 radical (unpaired) electrons. The second kappa shape index (κ2) is 12.4. The summed E-state index contributed by atoms with van der Waals surface area (Å²) in [5.74, 6) is 0.428. The third-order valence-electron chi connectivity index (χ3n) is 7.25. The largest absolute Gasteiger partial charge is 0.352 e. The molecular formula is C27H34BrClN4O4S. The highest BCUT2D eigenvalue weighted by atomic mass is 79.9. The molecular weight excluding hydrogens is 592 g/mol. The van der Waals surface area contributed by atoms with Crippen LogP contribution in [0.5, 0.6) is 0 Å². The number of piperazine rings is 1. The van der Waals surface area contributed by atoms with Gasteiger partial charge in [0.25, 0.3) is 15.9 Å². The van der Waals surface area contributed by atoms with E-state index in [-0.39, 0.29) is 33.3 Å². The predicted molar refractivity (Wildman–Crippen MR) is 153 cm³/mol. The number of nitrogens with zero attached hydrogens (tertiary/aromatic N) is 2. The first-order valence-corrected chi connectivity index (χ1v) is 15.6. The molecule has 0 aromatic heterocycles. The SMILES string of the molecule is Cc1ccc(Br)c(NS(=O)(=O)c2ccc(Cl)c(C(=O)N3CCN(CC(=O)NC4CCC(C)CC4)CC3)c2)c1. The summed E-state index contributed by atoms with van der Waals surface area (Å²) in [5, 5.41) is 3.34. The van der Waals surface area contributed by atoms with Gasteiger partial charge in [-0.1, -0.05) is 24.6 Å². The molecule has 8 nitrogen and oxygen atoms in total. The summed E-state index contributed by atoms with van der Waals surface area (Å²) >= 11 is 9.70. The maximum atomic E-state index is 13.3. The van der Waals surface area contributed by atoms with Crippen molar-refractivity contribution in [3.63, 3.8) is 0 Å². The van der Waals surface area contributed by atoms with Crippen molar-refractivity contribution in [2.75, 3.05) is 37.4 Å². The summed E-state index contributed by atoms with van der Waals surface area (Å²) in [4.78, 5) is 29.5. The number of benzene rings is 2. The zero-order chi connectivity index (χ0) is 27.4. The maximum absolute atomic E-state index is 13.3. The van der Waals surface area contributed by atoms with E-state index in [1.165, 1.54) is 18.2 Å². The minimum atomic E-state index is -3.96. The van der Waals surface area contributed by atoms with E-state index < -0.39 is 10.0 Å². The molecule has 0 atom stereocenters. The lowest BCUT2D eigenvalue weighted by atomic mass is 9.87. The number of anilines is 1. The summed E-state index contributed by atoms with van der Waals surface area (Å²) in [6.07, 6.45) is 4.36. The van der Waals surface area contributed by atoms with Crippen LogP contribution in [-0.4, -0.2) is 68.8 Å². The van der Waals surface area contributed by atoms with Crippen LogP contribution in [0.1, 0.15) is 48.5 Å². The summed E-state index contributed by atoms with van der Waals surface area (Å²) < 4.78 is 29.4. The van der Waals surface area contributed by atoms with Crippen LogP contribution < -0.4 is 10.0 Å². The van der Waals surface area contributed by atoms with E-state index in [4.69, 9.17) is 11.6 Å². The Bertz CT molecular complexity index is 1290. The second-order valence-corrected chi connectivity index (χ2v) is 13.3. The van der Waals surface area contributed by atoms with Gasteiger partial charge in [-0.05, 0) is 90.4 Å². The van der Waals surface area contributed by atoms with Gasteiger partial charge in [0.15, 0.2) is 0 Å². The first-order valence-electron chi connectivity index (χ1n) is 12.9. The molecule has 1 aliphatic carbocycles. The van der Waals surface area contributed by atoms with Crippen molar-refractivity contribution in [2.24, 2.45) is 5.92 Å². The number of aryl methyl sites for hydroxylation is 1. The van der Waals surface area contributed by atoms with Gasteiger partial charge >= 0.3 is 0 Å². The highest BCUT2D eigenvalue weighted by molar-refractivity contribution is 9.10. The smallest absolute Gasteiger partial charge is 0.261 e. The summed E-state index contributed by atoms with van der Waals surface area (Å²) in [7, 11) is -3.96. The van der Waals surface area contributed by atoms with Crippen LogP contribution >= 0.6 is 27.5 Å². The first-order chi connectivity index (χ1) is 18.0. The Labute approximate surface area is 238 Å². The Hall–Kier alpha value is -2.14. The Balaban J connectivity index is 1.36. The molecule has 1 saturated carbocycles. The quantitative estimate of drug-likeness (QED) is 0.466. The molecule has 0 unspecified atom stereocenters. The van der Waals surface area contributed by atoms with Gasteiger partial charge in [0.2, 0.25) is 5.91 Å². The number of sulfonamides is 1. The number of amides is 2. The van der Waals surface area contributed by atoms with Crippen molar-refractivity contribution in [3.05, 3.63) is 57.0 Å². The van der Waals surface area contributed by atoms with Crippen molar-refractivity contribution in [2.45, 2.75) is 50.5 Å². The van der Waals surface area contributed by atoms with Crippen molar-refractivity contribution in [1.82, 2.24) is 15.1 Å². The lowest BCUT2D eigenvalue weighted by molar-refractivity contribution is -0.123. The molecule has 2 N–H and O–H groups in total. The van der Waals surface area contributed by atoms with E-state index >= 15 is 0 Å². The zero-order valence-corrected chi connectivity index (χ0v) is 24.8. The lowest BCUT2D eigenvalue weighted by Crippen LogP contribution is -2.52. The molecule has 38 heavy (non-hydrogen) atoms. The van der Waals surface area contributed by atoms with Crippen LogP contribution in [0.2, 0.25) is 5.02 Å². The number of carbonyl (C=O) groups excluding carboxylic acids is 2. The molecule has 4 rings (SSSR count). The number of rotatable bonds is 7. The van der Waals surface area contributed by atoms with Crippen LogP contribution in [0.4, 0.5) is 5.69 Å². The molecule has 2 aromatic rings. The molecule has 2 aromatic carbocycles. The van der Waals surface area contributed by atoms with Gasteiger partial charge in [-0.25, -0.2) is 8.42 Å². The third-order valence-corrected chi connectivity index (χ3v) is 9.64. The Kier molecular flexibility index (Phi) is 9.39. The van der Waals surface area contributed by atoms with E-state index in [0.717, 1.165) is 37.2 Å². The van der Waals surface area contributed by atoms with E-state index in [0.29, 0.717) is 42.9 Å². The van der Waals surface area contributed by atoms with Crippen LogP contribution in [-0.2, 0) is 14.8 Å². The average Bonchev–Trinajstić information content (AvgIpc) is 2.87. The second-order valence-electron chi connectivity index (χ2n) is 10.3. The number of hydrogen-bond acceptors (Lipinski definition) is 5. The summed E-state index contributed by atoms with van der Waals surface area (Å²) in [5.41, 5.74) is 1.44. The summed E-state index contributed by atoms with van der Waals surface area (Å²) in [6.45, 7) is 6.39. The predicted octanol–water partition coefficient (Wildman–Crippen LogP) is 4.66.